The fraction of sp³-hybridized carbons (Fsp3) is 0.500. The smallest absolute Gasteiger partial charge is 0.323 e. The fourth-order valence-corrected chi connectivity index (χ4v) is 2.81. The molecule has 0 spiro atoms. The third kappa shape index (κ3) is 4.18. The predicted molar refractivity (Wildman–Crippen MR) is 82.4 cm³/mol. The first-order valence-corrected chi connectivity index (χ1v) is 8.07. The number of carbonyl (C=O) groups is 1. The Balaban J connectivity index is 2.01. The van der Waals surface area contributed by atoms with Gasteiger partial charge in [-0.1, -0.05) is 24.8 Å². The summed E-state index contributed by atoms with van der Waals surface area (Å²) in [7, 11) is 0. The van der Waals surface area contributed by atoms with Crippen molar-refractivity contribution in [3.05, 3.63) is 24.4 Å². The Labute approximate surface area is 128 Å². The Bertz CT molecular complexity index is 587. The molecule has 0 aliphatic rings. The Morgan fingerprint density at radius 1 is 1.43 bits per heavy atom. The van der Waals surface area contributed by atoms with E-state index in [0.717, 1.165) is 23.8 Å². The van der Waals surface area contributed by atoms with Crippen LogP contribution in [0.25, 0.3) is 5.65 Å². The van der Waals surface area contributed by atoms with E-state index in [4.69, 9.17) is 4.74 Å². The van der Waals surface area contributed by atoms with Crippen LogP contribution in [0.3, 0.4) is 0 Å². The zero-order valence-corrected chi connectivity index (χ0v) is 13.1. The highest BCUT2D eigenvalue weighted by Crippen LogP contribution is 2.18. The summed E-state index contributed by atoms with van der Waals surface area (Å²) in [4.78, 5) is 11.9. The summed E-state index contributed by atoms with van der Waals surface area (Å²) in [5.74, 6) is 0.349. The van der Waals surface area contributed by atoms with Gasteiger partial charge in [0, 0.05) is 11.9 Å². The van der Waals surface area contributed by atoms with Crippen molar-refractivity contribution >= 4 is 23.4 Å². The maximum Gasteiger partial charge on any atom is 0.323 e. The van der Waals surface area contributed by atoms with Gasteiger partial charge < -0.3 is 10.1 Å². The number of pyridine rings is 1. The van der Waals surface area contributed by atoms with Crippen molar-refractivity contribution in [3.63, 3.8) is 0 Å². The molecule has 7 heteroatoms. The van der Waals surface area contributed by atoms with Gasteiger partial charge in [0.1, 0.15) is 6.04 Å². The second-order valence-electron chi connectivity index (χ2n) is 4.48. The van der Waals surface area contributed by atoms with Crippen LogP contribution in [0.15, 0.2) is 29.6 Å². The van der Waals surface area contributed by atoms with Crippen LogP contribution in [0, 0.1) is 0 Å². The van der Waals surface area contributed by atoms with Gasteiger partial charge in [-0.3, -0.25) is 9.20 Å². The van der Waals surface area contributed by atoms with E-state index in [1.165, 1.54) is 11.8 Å². The number of thioether (sulfide) groups is 1. The number of ether oxygens (including phenoxy) is 1. The molecular formula is C14H20N4O2S. The van der Waals surface area contributed by atoms with Gasteiger partial charge in [0.2, 0.25) is 0 Å². The zero-order valence-electron chi connectivity index (χ0n) is 12.3. The summed E-state index contributed by atoms with van der Waals surface area (Å²) < 4.78 is 7.01. The predicted octanol–water partition coefficient (Wildman–Crippen LogP) is 1.75. The minimum atomic E-state index is -0.328. The van der Waals surface area contributed by atoms with E-state index in [9.17, 15) is 4.79 Å². The lowest BCUT2D eigenvalue weighted by molar-refractivity contribution is -0.144. The van der Waals surface area contributed by atoms with E-state index in [1.54, 1.807) is 0 Å². The van der Waals surface area contributed by atoms with Crippen molar-refractivity contribution in [1.29, 1.82) is 0 Å². The van der Waals surface area contributed by atoms with Crippen LogP contribution in [-0.4, -0.2) is 45.5 Å². The van der Waals surface area contributed by atoms with Crippen LogP contribution in [0.4, 0.5) is 0 Å². The molecule has 0 fully saturated rings. The number of rotatable bonds is 8. The Hall–Kier alpha value is -1.60. The molecule has 2 heterocycles. The first-order chi connectivity index (χ1) is 10.3. The summed E-state index contributed by atoms with van der Waals surface area (Å²) in [6.45, 7) is 5.05. The van der Waals surface area contributed by atoms with Gasteiger partial charge >= 0.3 is 5.97 Å². The largest absolute Gasteiger partial charge is 0.465 e. The van der Waals surface area contributed by atoms with Gasteiger partial charge in [0.25, 0.3) is 0 Å². The number of aromatic nitrogens is 3. The summed E-state index contributed by atoms with van der Waals surface area (Å²) in [5.41, 5.74) is 0.800. The van der Waals surface area contributed by atoms with E-state index >= 15 is 0 Å². The SMILES string of the molecule is CCCNC(CSc1nnc2ccccn12)C(=O)OCC. The lowest BCUT2D eigenvalue weighted by Crippen LogP contribution is -2.40. The average Bonchev–Trinajstić information content (AvgIpc) is 2.91. The van der Waals surface area contributed by atoms with E-state index in [0.29, 0.717) is 12.4 Å². The molecule has 2 aromatic rings. The topological polar surface area (TPSA) is 68.5 Å². The standard InChI is InChI=1S/C14H20N4O2S/c1-3-8-15-11(13(19)20-4-2)10-21-14-17-16-12-7-5-6-9-18(12)14/h5-7,9,11,15H,3-4,8,10H2,1-2H3. The van der Waals surface area contributed by atoms with E-state index in [-0.39, 0.29) is 12.0 Å². The third-order valence-electron chi connectivity index (χ3n) is 2.87. The number of hydrogen-bond donors (Lipinski definition) is 1. The van der Waals surface area contributed by atoms with Crippen molar-refractivity contribution < 1.29 is 9.53 Å². The number of esters is 1. The lowest BCUT2D eigenvalue weighted by atomic mass is 10.3. The highest BCUT2D eigenvalue weighted by molar-refractivity contribution is 7.99. The van der Waals surface area contributed by atoms with Crippen LogP contribution < -0.4 is 5.32 Å². The van der Waals surface area contributed by atoms with Crippen molar-refractivity contribution in [2.24, 2.45) is 0 Å². The number of nitrogens with one attached hydrogen (secondary N) is 1. The maximum absolute atomic E-state index is 11.9. The molecule has 0 radical (unpaired) electrons. The van der Waals surface area contributed by atoms with E-state index in [1.807, 2.05) is 35.7 Å². The van der Waals surface area contributed by atoms with Crippen molar-refractivity contribution in [2.75, 3.05) is 18.9 Å². The Morgan fingerprint density at radius 3 is 3.05 bits per heavy atom. The minimum absolute atomic E-state index is 0.215. The zero-order chi connectivity index (χ0) is 15.1. The van der Waals surface area contributed by atoms with Crippen LogP contribution in [0.2, 0.25) is 0 Å². The highest BCUT2D eigenvalue weighted by atomic mass is 32.2. The van der Waals surface area contributed by atoms with Crippen molar-refractivity contribution in [3.8, 4) is 0 Å². The van der Waals surface area contributed by atoms with E-state index in [2.05, 4.69) is 22.4 Å². The van der Waals surface area contributed by atoms with Gasteiger partial charge in [0.05, 0.1) is 6.61 Å². The second kappa shape index (κ2) is 7.99. The molecule has 2 aromatic heterocycles. The number of carbonyl (C=O) groups excluding carboxylic acids is 1. The Kier molecular flexibility index (Phi) is 6.01. The molecule has 0 bridgehead atoms. The molecule has 1 unspecified atom stereocenters. The molecule has 1 N–H and O–H groups in total. The lowest BCUT2D eigenvalue weighted by Gasteiger charge is -2.15. The second-order valence-corrected chi connectivity index (χ2v) is 5.47. The first-order valence-electron chi connectivity index (χ1n) is 7.08. The summed E-state index contributed by atoms with van der Waals surface area (Å²) in [6.07, 6.45) is 2.88. The molecule has 0 saturated heterocycles. The summed E-state index contributed by atoms with van der Waals surface area (Å²) >= 11 is 1.50. The van der Waals surface area contributed by atoms with Crippen molar-refractivity contribution in [1.82, 2.24) is 19.9 Å². The van der Waals surface area contributed by atoms with Crippen LogP contribution in [0.1, 0.15) is 20.3 Å². The van der Waals surface area contributed by atoms with Crippen LogP contribution >= 0.6 is 11.8 Å². The number of fused-ring (bicyclic) bond motifs is 1. The molecule has 0 aliphatic carbocycles. The molecule has 6 nitrogen and oxygen atoms in total. The summed E-state index contributed by atoms with van der Waals surface area (Å²) in [6, 6.07) is 5.42. The normalized spacial score (nSPS) is 12.5. The van der Waals surface area contributed by atoms with Gasteiger partial charge in [-0.25, -0.2) is 0 Å². The molecule has 1 atom stereocenters. The summed E-state index contributed by atoms with van der Waals surface area (Å²) in [5, 5.41) is 12.2. The third-order valence-corrected chi connectivity index (χ3v) is 3.91. The van der Waals surface area contributed by atoms with Crippen LogP contribution in [0.5, 0.6) is 0 Å². The molecule has 0 aromatic carbocycles. The minimum Gasteiger partial charge on any atom is -0.465 e. The quantitative estimate of drug-likeness (QED) is 0.592. The first kappa shape index (κ1) is 15.8. The fourth-order valence-electron chi connectivity index (χ4n) is 1.85. The molecule has 21 heavy (non-hydrogen) atoms. The highest BCUT2D eigenvalue weighted by Gasteiger charge is 2.20. The average molecular weight is 308 g/mol. The molecular weight excluding hydrogens is 288 g/mol. The molecule has 0 saturated carbocycles. The molecule has 0 aliphatic heterocycles. The monoisotopic (exact) mass is 308 g/mol. The molecule has 2 rings (SSSR count). The van der Waals surface area contributed by atoms with E-state index < -0.39 is 0 Å². The van der Waals surface area contributed by atoms with Crippen LogP contribution in [-0.2, 0) is 9.53 Å². The van der Waals surface area contributed by atoms with Crippen molar-refractivity contribution in [2.45, 2.75) is 31.5 Å². The number of hydrogen-bond acceptors (Lipinski definition) is 6. The van der Waals surface area contributed by atoms with Gasteiger partial charge in [-0.15, -0.1) is 10.2 Å². The van der Waals surface area contributed by atoms with Gasteiger partial charge in [-0.05, 0) is 32.0 Å². The Morgan fingerprint density at radius 2 is 2.29 bits per heavy atom. The van der Waals surface area contributed by atoms with Gasteiger partial charge in [0.15, 0.2) is 10.8 Å². The van der Waals surface area contributed by atoms with Gasteiger partial charge in [-0.2, -0.15) is 0 Å². The molecule has 0 amide bonds. The maximum atomic E-state index is 11.9. The molecule has 114 valence electrons. The number of nitrogens with zero attached hydrogens (tertiary/aromatic N) is 3.